The first-order valence-corrected chi connectivity index (χ1v) is 7.21. The van der Waals surface area contributed by atoms with Gasteiger partial charge in [0.15, 0.2) is 17.5 Å². The molecule has 0 spiro atoms. The zero-order valence-corrected chi connectivity index (χ0v) is 12.4. The van der Waals surface area contributed by atoms with Crippen molar-refractivity contribution in [3.63, 3.8) is 0 Å². The minimum absolute atomic E-state index is 0.131. The molecule has 108 valence electrons. The molecule has 0 saturated carbocycles. The smallest absolute Gasteiger partial charge is 0.194 e. The van der Waals surface area contributed by atoms with Crippen molar-refractivity contribution >= 4 is 11.3 Å². The summed E-state index contributed by atoms with van der Waals surface area (Å²) in [6, 6.07) is 3.75. The van der Waals surface area contributed by atoms with Crippen LogP contribution in [0.1, 0.15) is 33.8 Å². The summed E-state index contributed by atoms with van der Waals surface area (Å²) in [5, 5.41) is 3.12. The summed E-state index contributed by atoms with van der Waals surface area (Å²) in [6.07, 6.45) is 0. The van der Waals surface area contributed by atoms with Crippen LogP contribution < -0.4 is 5.32 Å². The Labute approximate surface area is 120 Å². The van der Waals surface area contributed by atoms with Crippen molar-refractivity contribution in [1.29, 1.82) is 0 Å². The van der Waals surface area contributed by atoms with E-state index in [-0.39, 0.29) is 5.56 Å². The van der Waals surface area contributed by atoms with Gasteiger partial charge in [0.1, 0.15) is 0 Å². The van der Waals surface area contributed by atoms with Gasteiger partial charge < -0.3 is 5.32 Å². The third-order valence-electron chi connectivity index (χ3n) is 3.25. The average molecular weight is 299 g/mol. The molecule has 2 aromatic rings. The van der Waals surface area contributed by atoms with E-state index in [9.17, 15) is 13.2 Å². The summed E-state index contributed by atoms with van der Waals surface area (Å²) in [7, 11) is 0. The molecule has 0 aliphatic rings. The summed E-state index contributed by atoms with van der Waals surface area (Å²) in [5.41, 5.74) is 1.24. The van der Waals surface area contributed by atoms with Gasteiger partial charge in [-0.05, 0) is 38.1 Å². The standard InChI is InChI=1S/C15H16F3NS/c1-4-19-15(12-7-8(2)9(3)20-12)10-5-6-11(16)14(18)13(10)17/h5-7,15,19H,4H2,1-3H3. The predicted molar refractivity (Wildman–Crippen MR) is 75.6 cm³/mol. The summed E-state index contributed by atoms with van der Waals surface area (Å²) in [5.74, 6) is -3.71. The fourth-order valence-corrected chi connectivity index (χ4v) is 3.21. The first-order chi connectivity index (χ1) is 9.45. The van der Waals surface area contributed by atoms with Crippen LogP contribution in [0.3, 0.4) is 0 Å². The lowest BCUT2D eigenvalue weighted by Crippen LogP contribution is -2.22. The third-order valence-corrected chi connectivity index (χ3v) is 4.47. The van der Waals surface area contributed by atoms with Gasteiger partial charge in [0.25, 0.3) is 0 Å². The average Bonchev–Trinajstić information content (AvgIpc) is 2.74. The second-order valence-corrected chi connectivity index (χ2v) is 5.93. The van der Waals surface area contributed by atoms with E-state index in [1.54, 1.807) is 0 Å². The van der Waals surface area contributed by atoms with Crippen molar-refractivity contribution in [1.82, 2.24) is 5.32 Å². The van der Waals surface area contributed by atoms with Crippen molar-refractivity contribution in [2.75, 3.05) is 6.54 Å². The topological polar surface area (TPSA) is 12.0 Å². The maximum Gasteiger partial charge on any atom is 0.194 e. The second-order valence-electron chi connectivity index (χ2n) is 4.64. The molecule has 0 aliphatic carbocycles. The predicted octanol–water partition coefficient (Wildman–Crippen LogP) is 4.48. The van der Waals surface area contributed by atoms with E-state index in [0.29, 0.717) is 6.54 Å². The monoisotopic (exact) mass is 299 g/mol. The van der Waals surface area contributed by atoms with Crippen LogP contribution in [0, 0.1) is 31.3 Å². The molecule has 1 atom stereocenters. The highest BCUT2D eigenvalue weighted by molar-refractivity contribution is 7.12. The van der Waals surface area contributed by atoms with Crippen LogP contribution in [-0.4, -0.2) is 6.54 Å². The lowest BCUT2D eigenvalue weighted by Gasteiger charge is -2.18. The van der Waals surface area contributed by atoms with Crippen molar-refractivity contribution in [3.05, 3.63) is 56.5 Å². The molecule has 0 radical (unpaired) electrons. The summed E-state index contributed by atoms with van der Waals surface area (Å²) >= 11 is 1.53. The van der Waals surface area contributed by atoms with Crippen molar-refractivity contribution in [2.24, 2.45) is 0 Å². The fourth-order valence-electron chi connectivity index (χ4n) is 2.08. The van der Waals surface area contributed by atoms with Crippen LogP contribution in [0.2, 0.25) is 0 Å². The minimum atomic E-state index is -1.42. The zero-order valence-electron chi connectivity index (χ0n) is 11.6. The van der Waals surface area contributed by atoms with Gasteiger partial charge in [-0.15, -0.1) is 11.3 Å². The van der Waals surface area contributed by atoms with Crippen LogP contribution in [0.15, 0.2) is 18.2 Å². The Balaban J connectivity index is 2.51. The molecule has 0 bridgehead atoms. The molecule has 1 heterocycles. The third kappa shape index (κ3) is 2.74. The molecule has 20 heavy (non-hydrogen) atoms. The second kappa shape index (κ2) is 5.97. The maximum atomic E-state index is 14.0. The Morgan fingerprint density at radius 3 is 2.40 bits per heavy atom. The molecule has 1 aromatic heterocycles. The largest absolute Gasteiger partial charge is 0.306 e. The number of aryl methyl sites for hydroxylation is 2. The molecule has 1 N–H and O–H groups in total. The van der Waals surface area contributed by atoms with Gasteiger partial charge in [0.05, 0.1) is 6.04 Å². The zero-order chi connectivity index (χ0) is 14.9. The fraction of sp³-hybridized carbons (Fsp3) is 0.333. The Hall–Kier alpha value is -1.33. The molecule has 5 heteroatoms. The van der Waals surface area contributed by atoms with E-state index in [0.717, 1.165) is 21.4 Å². The first-order valence-electron chi connectivity index (χ1n) is 6.39. The first kappa shape index (κ1) is 15.1. The number of nitrogens with one attached hydrogen (secondary N) is 1. The number of benzene rings is 1. The highest BCUT2D eigenvalue weighted by Gasteiger charge is 2.23. The lowest BCUT2D eigenvalue weighted by molar-refractivity contribution is 0.434. The van der Waals surface area contributed by atoms with Crippen molar-refractivity contribution in [2.45, 2.75) is 26.8 Å². The highest BCUT2D eigenvalue weighted by atomic mass is 32.1. The van der Waals surface area contributed by atoms with Crippen LogP contribution >= 0.6 is 11.3 Å². The van der Waals surface area contributed by atoms with Gasteiger partial charge >= 0.3 is 0 Å². The van der Waals surface area contributed by atoms with E-state index < -0.39 is 23.5 Å². The van der Waals surface area contributed by atoms with Crippen LogP contribution in [0.5, 0.6) is 0 Å². The number of hydrogen-bond donors (Lipinski definition) is 1. The molecule has 1 unspecified atom stereocenters. The van der Waals surface area contributed by atoms with Gasteiger partial charge in [-0.3, -0.25) is 0 Å². The number of hydrogen-bond acceptors (Lipinski definition) is 2. The highest BCUT2D eigenvalue weighted by Crippen LogP contribution is 2.32. The van der Waals surface area contributed by atoms with Crippen LogP contribution in [0.4, 0.5) is 13.2 Å². The van der Waals surface area contributed by atoms with E-state index in [1.807, 2.05) is 26.8 Å². The molecule has 1 aromatic carbocycles. The summed E-state index contributed by atoms with van der Waals surface area (Å²) in [6.45, 7) is 6.44. The summed E-state index contributed by atoms with van der Waals surface area (Å²) in [4.78, 5) is 2.03. The van der Waals surface area contributed by atoms with Gasteiger partial charge in [-0.2, -0.15) is 0 Å². The molecule has 1 nitrogen and oxygen atoms in total. The van der Waals surface area contributed by atoms with Crippen LogP contribution in [0.25, 0.3) is 0 Å². The van der Waals surface area contributed by atoms with Gasteiger partial charge in [-0.25, -0.2) is 13.2 Å². The van der Waals surface area contributed by atoms with E-state index in [4.69, 9.17) is 0 Å². The van der Waals surface area contributed by atoms with Crippen LogP contribution in [-0.2, 0) is 0 Å². The molecular weight excluding hydrogens is 283 g/mol. The van der Waals surface area contributed by atoms with Gasteiger partial charge in [0.2, 0.25) is 0 Å². The molecule has 0 amide bonds. The Bertz CT molecular complexity index is 602. The number of halogens is 3. The van der Waals surface area contributed by atoms with Gasteiger partial charge in [0, 0.05) is 15.3 Å². The number of rotatable bonds is 4. The number of thiophene rings is 1. The Kier molecular flexibility index (Phi) is 4.50. The normalized spacial score (nSPS) is 12.7. The summed E-state index contributed by atoms with van der Waals surface area (Å²) < 4.78 is 40.4. The molecule has 0 fully saturated rings. The molecule has 0 saturated heterocycles. The molecule has 2 rings (SSSR count). The van der Waals surface area contributed by atoms with E-state index >= 15 is 0 Å². The quantitative estimate of drug-likeness (QED) is 0.821. The SMILES string of the molecule is CCNC(c1cc(C)c(C)s1)c1ccc(F)c(F)c1F. The van der Waals surface area contributed by atoms with E-state index in [2.05, 4.69) is 5.32 Å². The van der Waals surface area contributed by atoms with Gasteiger partial charge in [-0.1, -0.05) is 13.0 Å². The lowest BCUT2D eigenvalue weighted by atomic mass is 10.0. The van der Waals surface area contributed by atoms with Crippen molar-refractivity contribution < 1.29 is 13.2 Å². The van der Waals surface area contributed by atoms with E-state index in [1.165, 1.54) is 17.4 Å². The molecule has 0 aliphatic heterocycles. The maximum absolute atomic E-state index is 14.0. The Morgan fingerprint density at radius 1 is 1.15 bits per heavy atom. The Morgan fingerprint density at radius 2 is 1.85 bits per heavy atom. The van der Waals surface area contributed by atoms with Crippen molar-refractivity contribution in [3.8, 4) is 0 Å². The molecular formula is C15H16F3NS. The minimum Gasteiger partial charge on any atom is -0.306 e.